The van der Waals surface area contributed by atoms with Crippen molar-refractivity contribution < 1.29 is 8.78 Å². The van der Waals surface area contributed by atoms with Crippen LogP contribution in [-0.2, 0) is 6.54 Å². The fourth-order valence-corrected chi connectivity index (χ4v) is 1.26. The summed E-state index contributed by atoms with van der Waals surface area (Å²) in [5.41, 5.74) is 5.72. The molecule has 0 aliphatic rings. The van der Waals surface area contributed by atoms with Gasteiger partial charge in [-0.05, 0) is 22.6 Å². The maximum absolute atomic E-state index is 13.3. The van der Waals surface area contributed by atoms with Crippen molar-refractivity contribution in [1.82, 2.24) is 20.2 Å². The maximum Gasteiger partial charge on any atom is 0.165 e. The number of benzene rings is 1. The Labute approximate surface area is 83.5 Å². The van der Waals surface area contributed by atoms with Crippen LogP contribution >= 0.6 is 0 Å². The van der Waals surface area contributed by atoms with Gasteiger partial charge in [-0.25, -0.2) is 13.5 Å². The lowest BCUT2D eigenvalue weighted by Gasteiger charge is -2.07. The first-order valence-electron chi connectivity index (χ1n) is 4.14. The fraction of sp³-hybridized carbons (Fsp3) is 0.125. The van der Waals surface area contributed by atoms with E-state index in [9.17, 15) is 8.78 Å². The molecule has 1 aromatic carbocycles. The Morgan fingerprint density at radius 2 is 2.13 bits per heavy atom. The molecule has 0 atom stereocenters. The molecule has 2 rings (SSSR count). The predicted molar refractivity (Wildman–Crippen MR) is 47.0 cm³/mol. The zero-order valence-electron chi connectivity index (χ0n) is 7.56. The molecule has 0 spiro atoms. The zero-order chi connectivity index (χ0) is 10.8. The number of aromatic nitrogens is 4. The standard InChI is InChI=1S/C8H7F2N5/c9-6-1-2-7(5(3-11)8(6)10)15-4-12-13-14-15/h1-2,4H,3,11H2. The molecule has 0 bridgehead atoms. The minimum absolute atomic E-state index is 0.0438. The van der Waals surface area contributed by atoms with Crippen molar-refractivity contribution in [1.29, 1.82) is 0 Å². The van der Waals surface area contributed by atoms with Gasteiger partial charge in [-0.2, -0.15) is 0 Å². The third-order valence-corrected chi connectivity index (χ3v) is 1.97. The van der Waals surface area contributed by atoms with Gasteiger partial charge in [-0.15, -0.1) is 5.10 Å². The summed E-state index contributed by atoms with van der Waals surface area (Å²) in [4.78, 5) is 0. The molecule has 0 unspecified atom stereocenters. The van der Waals surface area contributed by atoms with Crippen molar-refractivity contribution in [3.8, 4) is 5.69 Å². The molecule has 0 saturated heterocycles. The molecule has 0 aliphatic carbocycles. The topological polar surface area (TPSA) is 69.6 Å². The van der Waals surface area contributed by atoms with Crippen molar-refractivity contribution in [3.63, 3.8) is 0 Å². The Morgan fingerprint density at radius 3 is 2.73 bits per heavy atom. The summed E-state index contributed by atoms with van der Waals surface area (Å²) in [5.74, 6) is -1.90. The van der Waals surface area contributed by atoms with E-state index in [0.29, 0.717) is 5.69 Å². The Hall–Kier alpha value is -1.89. The van der Waals surface area contributed by atoms with E-state index in [1.54, 1.807) is 0 Å². The summed E-state index contributed by atoms with van der Waals surface area (Å²) >= 11 is 0. The molecule has 78 valence electrons. The van der Waals surface area contributed by atoms with E-state index in [1.807, 2.05) is 0 Å². The number of nitrogens with two attached hydrogens (primary N) is 1. The average molecular weight is 211 g/mol. The second kappa shape index (κ2) is 3.70. The smallest absolute Gasteiger partial charge is 0.165 e. The highest BCUT2D eigenvalue weighted by atomic mass is 19.2. The van der Waals surface area contributed by atoms with Crippen LogP contribution in [0.5, 0.6) is 0 Å². The highest BCUT2D eigenvalue weighted by Crippen LogP contribution is 2.18. The number of tetrazole rings is 1. The first kappa shape index (κ1) is 9.66. The lowest BCUT2D eigenvalue weighted by Crippen LogP contribution is -2.09. The minimum Gasteiger partial charge on any atom is -0.326 e. The first-order valence-corrected chi connectivity index (χ1v) is 4.14. The number of halogens is 2. The van der Waals surface area contributed by atoms with E-state index in [4.69, 9.17) is 5.73 Å². The summed E-state index contributed by atoms with van der Waals surface area (Å²) < 4.78 is 27.4. The molecule has 0 amide bonds. The Balaban J connectivity index is 2.62. The normalized spacial score (nSPS) is 10.6. The van der Waals surface area contributed by atoms with Crippen LogP contribution in [-0.4, -0.2) is 20.2 Å². The monoisotopic (exact) mass is 211 g/mol. The van der Waals surface area contributed by atoms with Crippen LogP contribution in [0.1, 0.15) is 5.56 Å². The Kier molecular flexibility index (Phi) is 2.38. The van der Waals surface area contributed by atoms with E-state index in [2.05, 4.69) is 15.5 Å². The van der Waals surface area contributed by atoms with Crippen LogP contribution in [0.4, 0.5) is 8.78 Å². The van der Waals surface area contributed by atoms with Crippen LogP contribution in [0.15, 0.2) is 18.5 Å². The molecule has 7 heteroatoms. The Bertz CT molecular complexity index is 468. The summed E-state index contributed by atoms with van der Waals surface area (Å²) in [6, 6.07) is 2.38. The predicted octanol–water partition coefficient (Wildman–Crippen LogP) is 0.399. The van der Waals surface area contributed by atoms with Gasteiger partial charge >= 0.3 is 0 Å². The highest BCUT2D eigenvalue weighted by molar-refractivity contribution is 5.41. The minimum atomic E-state index is -0.967. The maximum atomic E-state index is 13.3. The van der Waals surface area contributed by atoms with E-state index in [-0.39, 0.29) is 12.1 Å². The Morgan fingerprint density at radius 1 is 1.33 bits per heavy atom. The van der Waals surface area contributed by atoms with Crippen molar-refractivity contribution in [3.05, 3.63) is 35.7 Å². The van der Waals surface area contributed by atoms with E-state index < -0.39 is 11.6 Å². The van der Waals surface area contributed by atoms with Crippen LogP contribution in [0.3, 0.4) is 0 Å². The molecule has 1 aromatic heterocycles. The van der Waals surface area contributed by atoms with E-state index >= 15 is 0 Å². The lowest BCUT2D eigenvalue weighted by atomic mass is 10.1. The number of nitrogens with zero attached hydrogens (tertiary/aromatic N) is 4. The molecule has 0 radical (unpaired) electrons. The first-order chi connectivity index (χ1) is 7.24. The summed E-state index contributed by atoms with van der Waals surface area (Å²) in [5, 5.41) is 10.4. The van der Waals surface area contributed by atoms with Gasteiger partial charge in [0.15, 0.2) is 11.6 Å². The van der Waals surface area contributed by atoms with Gasteiger partial charge in [0.05, 0.1) is 5.69 Å². The van der Waals surface area contributed by atoms with E-state index in [1.165, 1.54) is 17.1 Å². The third kappa shape index (κ3) is 1.57. The highest BCUT2D eigenvalue weighted by Gasteiger charge is 2.13. The molecule has 0 saturated carbocycles. The van der Waals surface area contributed by atoms with Crippen LogP contribution in [0.2, 0.25) is 0 Å². The largest absolute Gasteiger partial charge is 0.326 e. The average Bonchev–Trinajstić information content (AvgIpc) is 2.75. The third-order valence-electron chi connectivity index (χ3n) is 1.97. The fourth-order valence-electron chi connectivity index (χ4n) is 1.26. The molecule has 0 fully saturated rings. The molecule has 0 aliphatic heterocycles. The van der Waals surface area contributed by atoms with Crippen molar-refractivity contribution in [2.24, 2.45) is 5.73 Å². The molecule has 15 heavy (non-hydrogen) atoms. The molecule has 5 nitrogen and oxygen atoms in total. The molecule has 1 heterocycles. The van der Waals surface area contributed by atoms with E-state index in [0.717, 1.165) is 6.07 Å². The quantitative estimate of drug-likeness (QED) is 0.780. The molecular weight excluding hydrogens is 204 g/mol. The number of hydrogen-bond donors (Lipinski definition) is 1. The lowest BCUT2D eigenvalue weighted by molar-refractivity contribution is 0.497. The van der Waals surface area contributed by atoms with Crippen LogP contribution in [0, 0.1) is 11.6 Å². The van der Waals surface area contributed by atoms with Crippen LogP contribution < -0.4 is 5.73 Å². The second-order valence-electron chi connectivity index (χ2n) is 2.82. The van der Waals surface area contributed by atoms with Gasteiger partial charge in [0.2, 0.25) is 0 Å². The van der Waals surface area contributed by atoms with Gasteiger partial charge in [0.1, 0.15) is 6.33 Å². The summed E-state index contributed by atoms with van der Waals surface area (Å²) in [6.45, 7) is -0.126. The van der Waals surface area contributed by atoms with Gasteiger partial charge < -0.3 is 5.73 Å². The van der Waals surface area contributed by atoms with Crippen molar-refractivity contribution >= 4 is 0 Å². The number of hydrogen-bond acceptors (Lipinski definition) is 4. The van der Waals surface area contributed by atoms with Crippen molar-refractivity contribution in [2.75, 3.05) is 0 Å². The molecule has 2 aromatic rings. The van der Waals surface area contributed by atoms with Gasteiger partial charge in [0, 0.05) is 12.1 Å². The summed E-state index contributed by atoms with van der Waals surface area (Å²) in [6.07, 6.45) is 1.28. The molecule has 2 N–H and O–H groups in total. The SMILES string of the molecule is NCc1c(-n2cnnn2)ccc(F)c1F. The van der Waals surface area contributed by atoms with Gasteiger partial charge in [-0.1, -0.05) is 0 Å². The van der Waals surface area contributed by atoms with Gasteiger partial charge in [-0.3, -0.25) is 0 Å². The van der Waals surface area contributed by atoms with Gasteiger partial charge in [0.25, 0.3) is 0 Å². The second-order valence-corrected chi connectivity index (χ2v) is 2.82. The summed E-state index contributed by atoms with van der Waals surface area (Å²) in [7, 11) is 0. The zero-order valence-corrected chi connectivity index (χ0v) is 7.56. The molecular formula is C8H7F2N5. The van der Waals surface area contributed by atoms with Crippen LogP contribution in [0.25, 0.3) is 5.69 Å². The number of rotatable bonds is 2. The van der Waals surface area contributed by atoms with Crippen molar-refractivity contribution in [2.45, 2.75) is 6.54 Å².